The van der Waals surface area contributed by atoms with Gasteiger partial charge in [-0.2, -0.15) is 0 Å². The first kappa shape index (κ1) is 23.6. The van der Waals surface area contributed by atoms with E-state index in [1.165, 1.54) is 0 Å². The number of benzene rings is 3. The van der Waals surface area contributed by atoms with Crippen molar-refractivity contribution in [2.45, 2.75) is 36.0 Å². The molecule has 4 aromatic rings. The molecule has 7 heteroatoms. The van der Waals surface area contributed by atoms with E-state index in [1.54, 1.807) is 30.5 Å². The number of rotatable bonds is 9. The Bertz CT molecular complexity index is 1550. The van der Waals surface area contributed by atoms with E-state index in [0.29, 0.717) is 24.4 Å². The van der Waals surface area contributed by atoms with Gasteiger partial charge in [-0.05, 0) is 71.5 Å². The summed E-state index contributed by atoms with van der Waals surface area (Å²) in [5.74, 6) is 2.25. The number of ketones is 1. The standard InChI is InChI=1S/C30H26O6S/c31-29(30(13-14-30)24-8-11-27-28(19-24)36-20-35-27)18-21-3-1-4-23(17-21)22-6-9-26(10-7-22)37(32,33)16-12-25-5-2-15-34-25/h1-11,15,17,19H,12-14,16,18,20H2. The Morgan fingerprint density at radius 3 is 2.41 bits per heavy atom. The van der Waals surface area contributed by atoms with Gasteiger partial charge in [0.25, 0.3) is 0 Å². The number of fused-ring (bicyclic) bond motifs is 1. The molecule has 2 aliphatic rings. The highest BCUT2D eigenvalue weighted by molar-refractivity contribution is 7.91. The number of sulfone groups is 1. The van der Waals surface area contributed by atoms with Crippen LogP contribution in [0.1, 0.15) is 29.7 Å². The van der Waals surface area contributed by atoms with Crippen LogP contribution in [0.3, 0.4) is 0 Å². The number of aryl methyl sites for hydroxylation is 1. The van der Waals surface area contributed by atoms with Crippen LogP contribution in [0, 0.1) is 0 Å². The SMILES string of the molecule is O=C(Cc1cccc(-c2ccc(S(=O)(=O)CCc3ccco3)cc2)c1)C1(c2ccc3c(c2)OCO3)CC1. The third kappa shape index (κ3) is 4.67. The lowest BCUT2D eigenvalue weighted by atomic mass is 9.87. The van der Waals surface area contributed by atoms with Crippen LogP contribution in [0.2, 0.25) is 0 Å². The number of carbonyl (C=O) groups is 1. The number of ether oxygens (including phenoxy) is 2. The lowest BCUT2D eigenvalue weighted by molar-refractivity contribution is -0.120. The highest BCUT2D eigenvalue weighted by Gasteiger charge is 2.50. The summed E-state index contributed by atoms with van der Waals surface area (Å²) in [5.41, 5.74) is 3.31. The molecular formula is C30H26O6S. The predicted molar refractivity (Wildman–Crippen MR) is 139 cm³/mol. The van der Waals surface area contributed by atoms with Crippen molar-refractivity contribution in [1.29, 1.82) is 0 Å². The van der Waals surface area contributed by atoms with Crippen molar-refractivity contribution in [2.75, 3.05) is 12.5 Å². The summed E-state index contributed by atoms with van der Waals surface area (Å²) in [4.78, 5) is 13.7. The average Bonchev–Trinajstić information content (AvgIpc) is 3.31. The fourth-order valence-electron chi connectivity index (χ4n) is 4.93. The second-order valence-electron chi connectivity index (χ2n) is 9.62. The lowest BCUT2D eigenvalue weighted by Crippen LogP contribution is -2.22. The van der Waals surface area contributed by atoms with Crippen molar-refractivity contribution < 1.29 is 27.1 Å². The molecule has 0 radical (unpaired) electrons. The molecule has 1 aliphatic heterocycles. The molecule has 1 fully saturated rings. The highest BCUT2D eigenvalue weighted by atomic mass is 32.2. The van der Waals surface area contributed by atoms with Gasteiger partial charge in [-0.3, -0.25) is 4.79 Å². The Labute approximate surface area is 215 Å². The van der Waals surface area contributed by atoms with Gasteiger partial charge in [0.2, 0.25) is 6.79 Å². The molecule has 0 unspecified atom stereocenters. The van der Waals surface area contributed by atoms with Gasteiger partial charge >= 0.3 is 0 Å². The van der Waals surface area contributed by atoms with Crippen LogP contribution in [0.25, 0.3) is 11.1 Å². The molecule has 0 atom stereocenters. The quantitative estimate of drug-likeness (QED) is 0.292. The van der Waals surface area contributed by atoms with E-state index < -0.39 is 15.3 Å². The molecule has 1 aromatic heterocycles. The van der Waals surface area contributed by atoms with Crippen LogP contribution in [0.5, 0.6) is 11.5 Å². The smallest absolute Gasteiger partial charge is 0.231 e. The zero-order chi connectivity index (χ0) is 25.5. The third-order valence-electron chi connectivity index (χ3n) is 7.24. The van der Waals surface area contributed by atoms with Crippen LogP contribution in [0.4, 0.5) is 0 Å². The molecule has 6 rings (SSSR count). The molecule has 0 saturated heterocycles. The predicted octanol–water partition coefficient (Wildman–Crippen LogP) is 5.54. The summed E-state index contributed by atoms with van der Waals surface area (Å²) in [6.45, 7) is 0.213. The van der Waals surface area contributed by atoms with Crippen molar-refractivity contribution in [3.05, 3.63) is 102 Å². The van der Waals surface area contributed by atoms with Crippen LogP contribution in [0.15, 0.2) is 94.4 Å². The molecule has 1 saturated carbocycles. The maximum atomic E-state index is 13.4. The molecule has 188 valence electrons. The van der Waals surface area contributed by atoms with Crippen molar-refractivity contribution in [3.8, 4) is 22.6 Å². The minimum atomic E-state index is -3.42. The first-order valence-electron chi connectivity index (χ1n) is 12.3. The van der Waals surface area contributed by atoms with E-state index in [1.807, 2.05) is 54.6 Å². The number of carbonyl (C=O) groups excluding carboxylic acids is 1. The van der Waals surface area contributed by atoms with Gasteiger partial charge in [0, 0.05) is 12.8 Å². The summed E-state index contributed by atoms with van der Waals surface area (Å²) in [7, 11) is -3.42. The van der Waals surface area contributed by atoms with Crippen LogP contribution >= 0.6 is 0 Å². The molecule has 1 aliphatic carbocycles. The van der Waals surface area contributed by atoms with Crippen molar-refractivity contribution in [3.63, 3.8) is 0 Å². The maximum Gasteiger partial charge on any atom is 0.231 e. The van der Waals surface area contributed by atoms with Crippen molar-refractivity contribution in [2.24, 2.45) is 0 Å². The van der Waals surface area contributed by atoms with Gasteiger partial charge in [0.1, 0.15) is 11.5 Å². The maximum absolute atomic E-state index is 13.4. The molecule has 0 spiro atoms. The summed E-state index contributed by atoms with van der Waals surface area (Å²) >= 11 is 0. The Balaban J connectivity index is 1.16. The molecule has 3 aromatic carbocycles. The van der Waals surface area contributed by atoms with Gasteiger partial charge in [0.15, 0.2) is 21.3 Å². The minimum Gasteiger partial charge on any atom is -0.469 e. The first-order chi connectivity index (χ1) is 17.9. The normalized spacial score (nSPS) is 15.5. The molecule has 0 amide bonds. The van der Waals surface area contributed by atoms with E-state index in [4.69, 9.17) is 13.9 Å². The van der Waals surface area contributed by atoms with Crippen LogP contribution in [-0.2, 0) is 32.9 Å². The van der Waals surface area contributed by atoms with Gasteiger partial charge in [-0.1, -0.05) is 42.5 Å². The van der Waals surface area contributed by atoms with E-state index in [9.17, 15) is 13.2 Å². The molecule has 37 heavy (non-hydrogen) atoms. The zero-order valence-corrected chi connectivity index (χ0v) is 21.0. The Morgan fingerprint density at radius 1 is 0.838 bits per heavy atom. The number of furan rings is 1. The molecule has 0 N–H and O–H groups in total. The molecule has 2 heterocycles. The molecule has 6 nitrogen and oxygen atoms in total. The average molecular weight is 515 g/mol. The second kappa shape index (κ2) is 9.23. The first-order valence-corrected chi connectivity index (χ1v) is 14.0. The van der Waals surface area contributed by atoms with E-state index in [-0.39, 0.29) is 23.2 Å². The third-order valence-corrected chi connectivity index (χ3v) is 8.98. The second-order valence-corrected chi connectivity index (χ2v) is 11.7. The summed E-state index contributed by atoms with van der Waals surface area (Å²) in [6, 6.07) is 24.1. The van der Waals surface area contributed by atoms with Crippen molar-refractivity contribution in [1.82, 2.24) is 0 Å². The van der Waals surface area contributed by atoms with Gasteiger partial charge in [0.05, 0.1) is 22.3 Å². The monoisotopic (exact) mass is 514 g/mol. The fourth-order valence-corrected chi connectivity index (χ4v) is 6.18. The summed E-state index contributed by atoms with van der Waals surface area (Å²) in [5, 5.41) is 0. The summed E-state index contributed by atoms with van der Waals surface area (Å²) < 4.78 is 41.6. The largest absolute Gasteiger partial charge is 0.469 e. The molecule has 0 bridgehead atoms. The Morgan fingerprint density at radius 2 is 1.65 bits per heavy atom. The number of hydrogen-bond acceptors (Lipinski definition) is 6. The van der Waals surface area contributed by atoms with E-state index in [2.05, 4.69) is 0 Å². The van der Waals surface area contributed by atoms with Gasteiger partial charge < -0.3 is 13.9 Å². The Kier molecular flexibility index (Phi) is 5.88. The highest BCUT2D eigenvalue weighted by Crippen LogP contribution is 2.51. The number of Topliss-reactive ketones (excluding diaryl/α,β-unsaturated/α-hetero) is 1. The zero-order valence-electron chi connectivity index (χ0n) is 20.2. The fraction of sp³-hybridized carbons (Fsp3) is 0.233. The topological polar surface area (TPSA) is 82.8 Å². The minimum absolute atomic E-state index is 0.0113. The Hall–Kier alpha value is -3.84. The van der Waals surface area contributed by atoms with Crippen molar-refractivity contribution >= 4 is 15.6 Å². The van der Waals surface area contributed by atoms with Crippen LogP contribution in [-0.4, -0.2) is 26.7 Å². The number of hydrogen-bond donors (Lipinski definition) is 0. The van der Waals surface area contributed by atoms with E-state index >= 15 is 0 Å². The van der Waals surface area contributed by atoms with Crippen LogP contribution < -0.4 is 9.47 Å². The summed E-state index contributed by atoms with van der Waals surface area (Å²) in [6.07, 6.45) is 3.88. The molecular weight excluding hydrogens is 488 g/mol. The lowest BCUT2D eigenvalue weighted by Gasteiger charge is -2.15. The van der Waals surface area contributed by atoms with Gasteiger partial charge in [-0.25, -0.2) is 8.42 Å². The van der Waals surface area contributed by atoms with Gasteiger partial charge in [-0.15, -0.1) is 0 Å². The van der Waals surface area contributed by atoms with E-state index in [0.717, 1.165) is 40.8 Å².